The fourth-order valence-corrected chi connectivity index (χ4v) is 2.22. The lowest BCUT2D eigenvalue weighted by atomic mass is 10.1. The zero-order valence-corrected chi connectivity index (χ0v) is 9.29. The summed E-state index contributed by atoms with van der Waals surface area (Å²) < 4.78 is 0. The molecule has 1 unspecified atom stereocenters. The highest BCUT2D eigenvalue weighted by atomic mass is 15.3. The summed E-state index contributed by atoms with van der Waals surface area (Å²) in [7, 11) is 2.20. The Kier molecular flexibility index (Phi) is 2.77. The van der Waals surface area contributed by atoms with Gasteiger partial charge in [0.05, 0.1) is 5.84 Å². The van der Waals surface area contributed by atoms with Crippen molar-refractivity contribution in [3.63, 3.8) is 0 Å². The summed E-state index contributed by atoms with van der Waals surface area (Å²) in [4.78, 5) is 4.72. The van der Waals surface area contributed by atoms with Crippen LogP contribution in [0.25, 0.3) is 0 Å². The highest BCUT2D eigenvalue weighted by Gasteiger charge is 2.33. The molecule has 3 nitrogen and oxygen atoms in total. The van der Waals surface area contributed by atoms with Crippen LogP contribution in [0.15, 0.2) is 0 Å². The predicted molar refractivity (Wildman–Crippen MR) is 58.7 cm³/mol. The molecule has 0 spiro atoms. The molecule has 1 saturated carbocycles. The minimum absolute atomic E-state index is 0.607. The molecule has 0 aromatic rings. The van der Waals surface area contributed by atoms with Crippen LogP contribution >= 0.6 is 0 Å². The van der Waals surface area contributed by atoms with Crippen LogP contribution in [0.4, 0.5) is 0 Å². The molecule has 3 heteroatoms. The van der Waals surface area contributed by atoms with Gasteiger partial charge in [-0.25, -0.2) is 0 Å². The van der Waals surface area contributed by atoms with Crippen molar-refractivity contribution >= 4 is 5.84 Å². The fraction of sp³-hybridized carbons (Fsp3) is 0.909. The average Bonchev–Trinajstić information content (AvgIpc) is 3.01. The molecule has 80 valence electrons. The molecule has 1 heterocycles. The van der Waals surface area contributed by atoms with Gasteiger partial charge in [0.1, 0.15) is 0 Å². The Labute approximate surface area is 86.6 Å². The van der Waals surface area contributed by atoms with Gasteiger partial charge < -0.3 is 4.90 Å². The quantitative estimate of drug-likeness (QED) is 0.533. The molecule has 0 radical (unpaired) electrons. The zero-order valence-electron chi connectivity index (χ0n) is 9.29. The molecule has 1 saturated heterocycles. The van der Waals surface area contributed by atoms with Crippen LogP contribution in [-0.2, 0) is 0 Å². The summed E-state index contributed by atoms with van der Waals surface area (Å²) in [5, 5.41) is 8.04. The van der Waals surface area contributed by atoms with Crippen molar-refractivity contribution < 1.29 is 0 Å². The first kappa shape index (κ1) is 9.97. The minimum atomic E-state index is 0.607. The van der Waals surface area contributed by atoms with E-state index >= 15 is 0 Å². The van der Waals surface area contributed by atoms with Crippen molar-refractivity contribution in [1.82, 2.24) is 9.80 Å². The van der Waals surface area contributed by atoms with Gasteiger partial charge in [0.2, 0.25) is 0 Å². The molecular weight excluding hydrogens is 174 g/mol. The van der Waals surface area contributed by atoms with Crippen molar-refractivity contribution in [2.75, 3.05) is 26.7 Å². The van der Waals surface area contributed by atoms with E-state index in [9.17, 15) is 0 Å². The van der Waals surface area contributed by atoms with Crippen molar-refractivity contribution in [1.29, 1.82) is 5.41 Å². The normalized spacial score (nSPS) is 29.3. The highest BCUT2D eigenvalue weighted by Crippen LogP contribution is 2.31. The van der Waals surface area contributed by atoms with E-state index in [1.54, 1.807) is 0 Å². The minimum Gasteiger partial charge on any atom is -0.357 e. The molecule has 1 aliphatic carbocycles. The summed E-state index contributed by atoms with van der Waals surface area (Å²) in [5.41, 5.74) is 0. The third-order valence-electron chi connectivity index (χ3n) is 3.55. The van der Waals surface area contributed by atoms with Gasteiger partial charge in [-0.15, -0.1) is 0 Å². The largest absolute Gasteiger partial charge is 0.357 e. The summed E-state index contributed by atoms with van der Waals surface area (Å²) in [5.74, 6) is 1.52. The van der Waals surface area contributed by atoms with Gasteiger partial charge in [-0.2, -0.15) is 0 Å². The standard InChI is InChI=1S/C11H21N3/c1-3-10-8-14(7-6-13(10)2)11(12)9-4-5-9/h9-10,12H,3-8H2,1-2H3. The van der Waals surface area contributed by atoms with Gasteiger partial charge in [-0.3, -0.25) is 10.3 Å². The van der Waals surface area contributed by atoms with E-state index < -0.39 is 0 Å². The molecule has 14 heavy (non-hydrogen) atoms. The maximum atomic E-state index is 8.04. The van der Waals surface area contributed by atoms with E-state index in [1.807, 2.05) is 0 Å². The van der Waals surface area contributed by atoms with Crippen LogP contribution in [0.1, 0.15) is 26.2 Å². The first-order valence-corrected chi connectivity index (χ1v) is 5.76. The summed E-state index contributed by atoms with van der Waals surface area (Å²) in [6.07, 6.45) is 3.70. The highest BCUT2D eigenvalue weighted by molar-refractivity contribution is 5.83. The van der Waals surface area contributed by atoms with Gasteiger partial charge in [-0.05, 0) is 26.3 Å². The molecule has 0 bridgehead atoms. The number of likely N-dealkylation sites (N-methyl/N-ethyl adjacent to an activating group) is 1. The van der Waals surface area contributed by atoms with Crippen molar-refractivity contribution in [2.24, 2.45) is 5.92 Å². The molecule has 1 aliphatic heterocycles. The van der Waals surface area contributed by atoms with E-state index in [1.165, 1.54) is 19.3 Å². The zero-order chi connectivity index (χ0) is 10.1. The summed E-state index contributed by atoms with van der Waals surface area (Å²) in [6, 6.07) is 0.655. The number of piperazine rings is 1. The molecule has 2 rings (SSSR count). The fourth-order valence-electron chi connectivity index (χ4n) is 2.22. The Balaban J connectivity index is 1.91. The molecule has 2 fully saturated rings. The Hall–Kier alpha value is -0.570. The smallest absolute Gasteiger partial charge is 0.0990 e. The van der Waals surface area contributed by atoms with Crippen LogP contribution < -0.4 is 0 Å². The van der Waals surface area contributed by atoms with Crippen LogP contribution in [0.5, 0.6) is 0 Å². The molecular formula is C11H21N3. The van der Waals surface area contributed by atoms with Crippen LogP contribution in [0, 0.1) is 11.3 Å². The van der Waals surface area contributed by atoms with Crippen LogP contribution in [-0.4, -0.2) is 48.4 Å². The number of hydrogen-bond acceptors (Lipinski definition) is 2. The maximum Gasteiger partial charge on any atom is 0.0990 e. The third-order valence-corrected chi connectivity index (χ3v) is 3.55. The lowest BCUT2D eigenvalue weighted by Crippen LogP contribution is -2.53. The van der Waals surface area contributed by atoms with Gasteiger partial charge in [0.15, 0.2) is 0 Å². The summed E-state index contributed by atoms with van der Waals surface area (Å²) >= 11 is 0. The Morgan fingerprint density at radius 1 is 1.36 bits per heavy atom. The SMILES string of the molecule is CCC1CN(C(=N)C2CC2)CCN1C. The van der Waals surface area contributed by atoms with E-state index in [0.717, 1.165) is 25.5 Å². The Morgan fingerprint density at radius 3 is 2.64 bits per heavy atom. The van der Waals surface area contributed by atoms with Gasteiger partial charge in [0.25, 0.3) is 0 Å². The predicted octanol–water partition coefficient (Wildman–Crippen LogP) is 1.40. The maximum absolute atomic E-state index is 8.04. The number of amidine groups is 1. The number of rotatable bonds is 2. The van der Waals surface area contributed by atoms with E-state index in [2.05, 4.69) is 23.8 Å². The first-order valence-electron chi connectivity index (χ1n) is 5.76. The number of hydrogen-bond donors (Lipinski definition) is 1. The van der Waals surface area contributed by atoms with Crippen molar-refractivity contribution in [3.8, 4) is 0 Å². The van der Waals surface area contributed by atoms with Crippen LogP contribution in [0.3, 0.4) is 0 Å². The van der Waals surface area contributed by atoms with Gasteiger partial charge in [0, 0.05) is 31.6 Å². The topological polar surface area (TPSA) is 30.3 Å². The van der Waals surface area contributed by atoms with Crippen molar-refractivity contribution in [2.45, 2.75) is 32.2 Å². The van der Waals surface area contributed by atoms with Crippen molar-refractivity contribution in [3.05, 3.63) is 0 Å². The molecule has 1 N–H and O–H groups in total. The Bertz CT molecular complexity index is 223. The molecule has 0 aromatic heterocycles. The second-order valence-corrected chi connectivity index (χ2v) is 4.65. The van der Waals surface area contributed by atoms with E-state index in [4.69, 9.17) is 5.41 Å². The van der Waals surface area contributed by atoms with E-state index in [0.29, 0.717) is 12.0 Å². The average molecular weight is 195 g/mol. The van der Waals surface area contributed by atoms with Gasteiger partial charge in [-0.1, -0.05) is 6.92 Å². The lowest BCUT2D eigenvalue weighted by Gasteiger charge is -2.40. The van der Waals surface area contributed by atoms with E-state index in [-0.39, 0.29) is 0 Å². The second kappa shape index (κ2) is 3.89. The molecule has 0 aromatic carbocycles. The summed E-state index contributed by atoms with van der Waals surface area (Å²) in [6.45, 7) is 5.49. The second-order valence-electron chi connectivity index (χ2n) is 4.65. The van der Waals surface area contributed by atoms with Crippen LogP contribution in [0.2, 0.25) is 0 Å². The third kappa shape index (κ3) is 1.92. The Morgan fingerprint density at radius 2 is 2.07 bits per heavy atom. The molecule has 0 amide bonds. The monoisotopic (exact) mass is 195 g/mol. The molecule has 2 aliphatic rings. The molecule has 1 atom stereocenters. The number of nitrogens with zero attached hydrogens (tertiary/aromatic N) is 2. The van der Waals surface area contributed by atoms with Gasteiger partial charge >= 0.3 is 0 Å². The first-order chi connectivity index (χ1) is 6.72. The lowest BCUT2D eigenvalue weighted by molar-refractivity contribution is 0.135. The number of nitrogens with one attached hydrogen (secondary N) is 1.